The molecule has 5 rings (SSSR count). The molecular weight excluding hydrogens is 428 g/mol. The number of methoxy groups -OCH3 is 1. The van der Waals surface area contributed by atoms with Gasteiger partial charge in [0, 0.05) is 43.0 Å². The van der Waals surface area contributed by atoms with Crippen molar-refractivity contribution in [2.45, 2.75) is 64.6 Å². The van der Waals surface area contributed by atoms with Crippen molar-refractivity contribution >= 4 is 11.7 Å². The summed E-state index contributed by atoms with van der Waals surface area (Å²) in [7, 11) is 1.67. The molecule has 0 aliphatic carbocycles. The standard InChI is InChI=1S/C26H36N6O2/c1-16-12-23(34-4)17(2)11-20(16)26(33)31-9-6-5-7-22(31)21-13-24-28-25(18(3)14-32(24)29-21)30-10-8-19(27)15-30/h11-14,19,21-22,29H,5-10,15,27H2,1-4H3/t19-,21?,22?/m0/s1. The fraction of sp³-hybridized carbons (Fsp3) is 0.538. The number of carbonyl (C=O) groups excluding carboxylic acids is 1. The molecule has 2 fully saturated rings. The molecule has 1 aromatic rings. The molecular formula is C26H36N6O2. The molecule has 4 aliphatic rings. The van der Waals surface area contributed by atoms with Crippen molar-refractivity contribution in [1.82, 2.24) is 20.2 Å². The highest BCUT2D eigenvalue weighted by Gasteiger charge is 2.38. The Morgan fingerprint density at radius 3 is 2.71 bits per heavy atom. The van der Waals surface area contributed by atoms with Crippen LogP contribution in [0.4, 0.5) is 0 Å². The third kappa shape index (κ3) is 4.09. The molecule has 182 valence electrons. The average molecular weight is 465 g/mol. The van der Waals surface area contributed by atoms with Crippen LogP contribution >= 0.6 is 0 Å². The minimum atomic E-state index is 0.0203. The van der Waals surface area contributed by atoms with Gasteiger partial charge in [-0.2, -0.15) is 0 Å². The summed E-state index contributed by atoms with van der Waals surface area (Å²) < 4.78 is 5.45. The average Bonchev–Trinajstić information content (AvgIpc) is 3.44. The first kappa shape index (κ1) is 22.9. The number of nitrogens with one attached hydrogen (secondary N) is 1. The normalized spacial score (nSPS) is 26.8. The van der Waals surface area contributed by atoms with Gasteiger partial charge >= 0.3 is 0 Å². The van der Waals surface area contributed by atoms with E-state index in [2.05, 4.69) is 34.4 Å². The number of hydrogen-bond acceptors (Lipinski definition) is 7. The van der Waals surface area contributed by atoms with Gasteiger partial charge < -0.3 is 20.3 Å². The van der Waals surface area contributed by atoms with E-state index < -0.39 is 0 Å². The van der Waals surface area contributed by atoms with Crippen LogP contribution in [-0.4, -0.2) is 71.4 Å². The van der Waals surface area contributed by atoms with Gasteiger partial charge in [0.05, 0.1) is 19.2 Å². The highest BCUT2D eigenvalue weighted by atomic mass is 16.5. The van der Waals surface area contributed by atoms with E-state index in [1.807, 2.05) is 31.0 Å². The van der Waals surface area contributed by atoms with Gasteiger partial charge in [-0.05, 0) is 75.8 Å². The summed E-state index contributed by atoms with van der Waals surface area (Å²) >= 11 is 0. The third-order valence-corrected chi connectivity index (χ3v) is 7.48. The van der Waals surface area contributed by atoms with Gasteiger partial charge in [0.15, 0.2) is 0 Å². The Morgan fingerprint density at radius 1 is 1.15 bits per heavy atom. The lowest BCUT2D eigenvalue weighted by Crippen LogP contribution is -2.54. The van der Waals surface area contributed by atoms with Crippen molar-refractivity contribution in [1.29, 1.82) is 0 Å². The number of piperidine rings is 1. The number of amides is 1. The number of amidine groups is 1. The summed E-state index contributed by atoms with van der Waals surface area (Å²) in [5.74, 6) is 2.83. The van der Waals surface area contributed by atoms with Gasteiger partial charge in [-0.3, -0.25) is 9.80 Å². The maximum absolute atomic E-state index is 13.7. The number of hydrogen-bond donors (Lipinski definition) is 2. The lowest BCUT2D eigenvalue weighted by atomic mass is 9.94. The number of nitrogens with two attached hydrogens (primary N) is 1. The fourth-order valence-electron chi connectivity index (χ4n) is 5.62. The number of aliphatic imine (C=N–C) groups is 1. The van der Waals surface area contributed by atoms with E-state index >= 15 is 0 Å². The van der Waals surface area contributed by atoms with Crippen molar-refractivity contribution in [2.24, 2.45) is 10.7 Å². The Balaban J connectivity index is 1.39. The number of aryl methyl sites for hydroxylation is 2. The minimum absolute atomic E-state index is 0.0203. The minimum Gasteiger partial charge on any atom is -0.496 e. The molecule has 0 aromatic heterocycles. The number of nitrogens with zero attached hydrogens (tertiary/aromatic N) is 4. The lowest BCUT2D eigenvalue weighted by Gasteiger charge is -2.39. The number of rotatable bonds is 3. The van der Waals surface area contributed by atoms with Gasteiger partial charge in [0.2, 0.25) is 0 Å². The smallest absolute Gasteiger partial charge is 0.254 e. The Labute approximate surface area is 202 Å². The molecule has 4 aliphatic heterocycles. The highest BCUT2D eigenvalue weighted by Crippen LogP contribution is 2.31. The molecule has 3 N–H and O–H groups in total. The summed E-state index contributed by atoms with van der Waals surface area (Å²) in [6, 6.07) is 4.24. The first-order chi connectivity index (χ1) is 16.4. The zero-order valence-corrected chi connectivity index (χ0v) is 20.7. The van der Waals surface area contributed by atoms with E-state index in [4.69, 9.17) is 15.5 Å². The molecule has 4 heterocycles. The Morgan fingerprint density at radius 2 is 1.97 bits per heavy atom. The number of fused-ring (bicyclic) bond motifs is 1. The number of hydrazine groups is 1. The molecule has 8 nitrogen and oxygen atoms in total. The summed E-state index contributed by atoms with van der Waals surface area (Å²) in [6.07, 6.45) is 8.41. The first-order valence-electron chi connectivity index (χ1n) is 12.4. The Kier molecular flexibility index (Phi) is 6.12. The van der Waals surface area contributed by atoms with Crippen LogP contribution in [0.1, 0.15) is 54.1 Å². The van der Waals surface area contributed by atoms with E-state index in [9.17, 15) is 4.79 Å². The van der Waals surface area contributed by atoms with Gasteiger partial charge in [0.25, 0.3) is 5.91 Å². The lowest BCUT2D eigenvalue weighted by molar-refractivity contribution is 0.0560. The second-order valence-corrected chi connectivity index (χ2v) is 9.99. The molecule has 8 heteroatoms. The fourth-order valence-corrected chi connectivity index (χ4v) is 5.62. The van der Waals surface area contributed by atoms with Crippen molar-refractivity contribution < 1.29 is 9.53 Å². The van der Waals surface area contributed by atoms with Gasteiger partial charge in [-0.15, -0.1) is 0 Å². The predicted molar refractivity (Wildman–Crippen MR) is 133 cm³/mol. The molecule has 2 saturated heterocycles. The van der Waals surface area contributed by atoms with Crippen LogP contribution < -0.4 is 15.9 Å². The van der Waals surface area contributed by atoms with Gasteiger partial charge in [-0.1, -0.05) is 0 Å². The molecule has 0 radical (unpaired) electrons. The monoisotopic (exact) mass is 464 g/mol. The second-order valence-electron chi connectivity index (χ2n) is 9.99. The maximum atomic E-state index is 13.7. The van der Waals surface area contributed by atoms with E-state index in [0.29, 0.717) is 0 Å². The van der Waals surface area contributed by atoms with E-state index in [0.717, 1.165) is 85.0 Å². The first-order valence-corrected chi connectivity index (χ1v) is 12.4. The van der Waals surface area contributed by atoms with Crippen molar-refractivity contribution in [3.8, 4) is 5.75 Å². The Bertz CT molecular complexity index is 1080. The Hall–Kier alpha value is -2.84. The number of ether oxygens (including phenoxy) is 1. The summed E-state index contributed by atoms with van der Waals surface area (Å²) in [4.78, 5) is 23.1. The molecule has 0 spiro atoms. The quantitative estimate of drug-likeness (QED) is 0.715. The summed E-state index contributed by atoms with van der Waals surface area (Å²) in [5, 5.41) is 2.01. The van der Waals surface area contributed by atoms with Crippen molar-refractivity contribution in [3.05, 3.63) is 52.5 Å². The van der Waals surface area contributed by atoms with E-state index in [1.54, 1.807) is 7.11 Å². The topological polar surface area (TPSA) is 86.4 Å². The van der Waals surface area contributed by atoms with E-state index in [1.165, 1.54) is 0 Å². The van der Waals surface area contributed by atoms with Crippen LogP contribution in [-0.2, 0) is 0 Å². The van der Waals surface area contributed by atoms with Crippen LogP contribution in [0.2, 0.25) is 0 Å². The molecule has 34 heavy (non-hydrogen) atoms. The molecule has 1 amide bonds. The van der Waals surface area contributed by atoms with Crippen LogP contribution in [0.3, 0.4) is 0 Å². The summed E-state index contributed by atoms with van der Waals surface area (Å²) in [5.41, 5.74) is 13.5. The largest absolute Gasteiger partial charge is 0.496 e. The second kappa shape index (κ2) is 9.07. The SMILES string of the molecule is COc1cc(C)c(C(=O)N2CCCCC2C2C=C3N=C(N4CC[C@H](N)C4)C(C)=CN3N2)cc1C. The zero-order chi connectivity index (χ0) is 24.0. The predicted octanol–water partition coefficient (Wildman–Crippen LogP) is 2.69. The molecule has 0 saturated carbocycles. The van der Waals surface area contributed by atoms with Gasteiger partial charge in [0.1, 0.15) is 17.4 Å². The van der Waals surface area contributed by atoms with E-state index in [-0.39, 0.29) is 24.0 Å². The van der Waals surface area contributed by atoms with Crippen LogP contribution in [0.25, 0.3) is 0 Å². The van der Waals surface area contributed by atoms with Crippen LogP contribution in [0.5, 0.6) is 5.75 Å². The zero-order valence-electron chi connectivity index (χ0n) is 20.7. The number of likely N-dealkylation sites (tertiary alicyclic amines) is 2. The van der Waals surface area contributed by atoms with Crippen molar-refractivity contribution in [3.63, 3.8) is 0 Å². The molecule has 2 unspecified atom stereocenters. The number of benzene rings is 1. The van der Waals surface area contributed by atoms with Crippen LogP contribution in [0.15, 0.2) is 40.8 Å². The number of carbonyl (C=O) groups is 1. The van der Waals surface area contributed by atoms with Crippen LogP contribution in [0, 0.1) is 13.8 Å². The van der Waals surface area contributed by atoms with Crippen molar-refractivity contribution in [2.75, 3.05) is 26.7 Å². The third-order valence-electron chi connectivity index (χ3n) is 7.48. The molecule has 0 bridgehead atoms. The summed E-state index contributed by atoms with van der Waals surface area (Å²) in [6.45, 7) is 8.63. The maximum Gasteiger partial charge on any atom is 0.254 e. The highest BCUT2D eigenvalue weighted by molar-refractivity contribution is 5.99. The molecule has 3 atom stereocenters. The molecule has 1 aromatic carbocycles. The van der Waals surface area contributed by atoms with Gasteiger partial charge in [-0.25, -0.2) is 10.4 Å².